The molecule has 0 fully saturated rings. The van der Waals surface area contributed by atoms with E-state index in [1.54, 1.807) is 0 Å². The number of carboxylic acid groups (broad SMARTS) is 2. The second kappa shape index (κ2) is 26.4. The molecule has 0 spiro atoms. The molecule has 0 aromatic carbocycles. The molecule has 0 saturated heterocycles. The van der Waals surface area contributed by atoms with E-state index in [9.17, 15) is 19.8 Å². The van der Waals surface area contributed by atoms with E-state index in [4.69, 9.17) is 37.3 Å². The summed E-state index contributed by atoms with van der Waals surface area (Å²) in [5.41, 5.74) is 0. The summed E-state index contributed by atoms with van der Waals surface area (Å²) in [4.78, 5) is 18.6. The molecule has 0 unspecified atom stereocenters. The molecule has 0 atom stereocenters. The second-order valence-electron chi connectivity index (χ2n) is 1.68. The average molecular weight is 441 g/mol. The summed E-state index contributed by atoms with van der Waals surface area (Å²) in [6.45, 7) is 0. The Morgan fingerprint density at radius 1 is 0.609 bits per heavy atom. The van der Waals surface area contributed by atoms with Crippen LogP contribution >= 0.6 is 0 Å². The molecule has 17 nitrogen and oxygen atoms in total. The standard InChI is InChI=1S/C3H4O4.2ClHO4.Co.5H2N/c4-2(5)1-3(6)7;2*2-1(3,4)5;;;;;;/h1H2,(H,4,5)(H,6,7);2*(H,2,3,4,5);;5*1H2/q;;;+3;5*-1/p-3. The first-order valence-corrected chi connectivity index (χ1v) is 5.23. The summed E-state index contributed by atoms with van der Waals surface area (Å²) in [7, 11) is -9.89. The van der Waals surface area contributed by atoms with E-state index < -0.39 is 38.8 Å². The molecule has 0 aromatic rings. The van der Waals surface area contributed by atoms with Crippen molar-refractivity contribution in [3.8, 4) is 0 Å². The van der Waals surface area contributed by atoms with E-state index >= 15 is 0 Å². The quantitative estimate of drug-likeness (QED) is 0.360. The number of rotatable bonds is 2. The maximum absolute atomic E-state index is 9.28. The van der Waals surface area contributed by atoms with Crippen molar-refractivity contribution in [3.63, 3.8) is 0 Å². The molecule has 0 rings (SSSR count). The van der Waals surface area contributed by atoms with Crippen LogP contribution in [-0.4, -0.2) is 11.9 Å². The van der Waals surface area contributed by atoms with E-state index in [1.807, 2.05) is 0 Å². The maximum atomic E-state index is 9.28. The summed E-state index contributed by atoms with van der Waals surface area (Å²) in [6.07, 6.45) is -1.03. The maximum Gasteiger partial charge on any atom is 3.00 e. The van der Waals surface area contributed by atoms with Gasteiger partial charge in [0.1, 0.15) is 0 Å². The van der Waals surface area contributed by atoms with Gasteiger partial charge in [0.25, 0.3) is 0 Å². The van der Waals surface area contributed by atoms with E-state index in [0.29, 0.717) is 0 Å². The first kappa shape index (κ1) is 57.1. The van der Waals surface area contributed by atoms with E-state index in [1.165, 1.54) is 0 Å². The van der Waals surface area contributed by atoms with Gasteiger partial charge in [-0.2, -0.15) is 0 Å². The number of carbonyl (C=O) groups excluding carboxylic acids is 2. The van der Waals surface area contributed by atoms with Crippen molar-refractivity contribution in [2.24, 2.45) is 0 Å². The first-order valence-electron chi connectivity index (χ1n) is 2.76. The fourth-order valence-corrected chi connectivity index (χ4v) is 0.118. The van der Waals surface area contributed by atoms with Crippen LogP contribution in [0.4, 0.5) is 0 Å². The minimum atomic E-state index is -4.94. The number of nitrogens with two attached hydrogens (primary N) is 5. The van der Waals surface area contributed by atoms with Crippen LogP contribution in [0.15, 0.2) is 0 Å². The van der Waals surface area contributed by atoms with Crippen LogP contribution in [0.5, 0.6) is 0 Å². The molecule has 150 valence electrons. The van der Waals surface area contributed by atoms with Gasteiger partial charge >= 0.3 is 18.2 Å². The zero-order valence-electron chi connectivity index (χ0n) is 11.6. The molecule has 0 heterocycles. The Hall–Kier alpha value is -0.494. The van der Waals surface area contributed by atoms with Crippen molar-refractivity contribution in [3.05, 3.63) is 30.8 Å². The minimum absolute atomic E-state index is 0. The predicted octanol–water partition coefficient (Wildman–Crippen LogP) is -8.94. The van der Waals surface area contributed by atoms with Gasteiger partial charge in [-0.25, -0.2) is 37.3 Å². The fraction of sp³-hybridized carbons (Fsp3) is 0.333. The smallest absolute Gasteiger partial charge is 0.693 e. The van der Waals surface area contributed by atoms with Crippen molar-refractivity contribution >= 4 is 11.9 Å². The van der Waals surface area contributed by atoms with Crippen molar-refractivity contribution < 1.29 is 95.8 Å². The van der Waals surface area contributed by atoms with Crippen LogP contribution in [0.1, 0.15) is 7.85 Å². The molecule has 10 N–H and O–H groups in total. The second-order valence-corrected chi connectivity index (χ2v) is 3.19. The Kier molecular flexibility index (Phi) is 65.5. The van der Waals surface area contributed by atoms with Gasteiger partial charge < -0.3 is 50.6 Å². The molecule has 20 heteroatoms. The zero-order valence-corrected chi connectivity index (χ0v) is 13.1. The van der Waals surface area contributed by atoms with Crippen LogP contribution in [-0.2, 0) is 26.4 Å². The molecule has 0 saturated carbocycles. The van der Waals surface area contributed by atoms with Gasteiger partial charge in [-0.15, -0.1) is 20.5 Å². The number of halogens is 2. The molecule has 0 aliphatic rings. The molecule has 0 aliphatic carbocycles. The topological polar surface area (TPSA) is 432 Å². The summed E-state index contributed by atoms with van der Waals surface area (Å²) in [5, 5.41) is 18.6. The Morgan fingerprint density at radius 3 is 0.696 bits per heavy atom. The molecule has 0 amide bonds. The molecule has 0 radical (unpaired) electrons. The van der Waals surface area contributed by atoms with Crippen LogP contribution < -0.4 is 47.5 Å². The van der Waals surface area contributed by atoms with Crippen molar-refractivity contribution in [2.75, 3.05) is 0 Å². The third kappa shape index (κ3) is 666. The van der Waals surface area contributed by atoms with E-state index in [2.05, 4.69) is 0 Å². The van der Waals surface area contributed by atoms with Gasteiger partial charge in [0.15, 0.2) is 0 Å². The summed E-state index contributed by atoms with van der Waals surface area (Å²) >= 11 is 0. The molecular weight excluding hydrogens is 428 g/mol. The van der Waals surface area contributed by atoms with Crippen LogP contribution in [0.3, 0.4) is 0 Å². The van der Waals surface area contributed by atoms with Gasteiger partial charge in [0.05, 0.1) is 0 Å². The third-order valence-electron chi connectivity index (χ3n) is 0.289. The Balaban J connectivity index is -0.0000000135. The van der Waals surface area contributed by atoms with Crippen molar-refractivity contribution in [2.45, 2.75) is 6.42 Å². The number of aliphatic carboxylic acids is 2. The third-order valence-corrected chi connectivity index (χ3v) is 0.289. The summed E-state index contributed by atoms with van der Waals surface area (Å²) < 4.78 is 67.9. The minimum Gasteiger partial charge on any atom is -0.693 e. The number of hydrogen-bond donors (Lipinski definition) is 0. The first-order chi connectivity index (χ1) is 7.13. The van der Waals surface area contributed by atoms with Gasteiger partial charge in [0.2, 0.25) is 0 Å². The average Bonchev–Trinajstić information content (AvgIpc) is 1.71. The van der Waals surface area contributed by atoms with Gasteiger partial charge in [-0.1, -0.05) is 0 Å². The number of carboxylic acids is 2. The normalized spacial score (nSPS) is 7.65. The predicted molar refractivity (Wildman–Crippen MR) is 42.2 cm³/mol. The van der Waals surface area contributed by atoms with E-state index in [-0.39, 0.29) is 49.0 Å². The van der Waals surface area contributed by atoms with Crippen LogP contribution in [0.2, 0.25) is 0 Å². The van der Waals surface area contributed by atoms with Crippen molar-refractivity contribution in [1.29, 1.82) is 0 Å². The molecule has 0 aliphatic heterocycles. The monoisotopic (exact) mass is 440 g/mol. The summed E-state index contributed by atoms with van der Waals surface area (Å²) in [5.74, 6) is -3.25. The molecule has 23 heavy (non-hydrogen) atoms. The molecular formula is C3H13Cl2CoN5O12-5. The fourth-order valence-electron chi connectivity index (χ4n) is 0.118. The van der Waals surface area contributed by atoms with E-state index in [0.717, 1.165) is 0 Å². The Bertz CT molecular complexity index is 218. The van der Waals surface area contributed by atoms with Gasteiger partial charge in [-0.05, 0) is 0 Å². The number of carbonyl (C=O) groups is 2. The Morgan fingerprint density at radius 2 is 0.696 bits per heavy atom. The van der Waals surface area contributed by atoms with Crippen LogP contribution in [0.25, 0.3) is 30.8 Å². The molecule has 0 aromatic heterocycles. The van der Waals surface area contributed by atoms with Gasteiger partial charge in [-0.3, -0.25) is 0 Å². The summed E-state index contributed by atoms with van der Waals surface area (Å²) in [6, 6.07) is 0. The zero-order chi connectivity index (χ0) is 14.9. The Labute approximate surface area is 145 Å². The number of hydrogen-bond acceptors (Lipinski definition) is 12. The van der Waals surface area contributed by atoms with Crippen molar-refractivity contribution in [1.82, 2.24) is 0 Å². The molecule has 0 bridgehead atoms. The van der Waals surface area contributed by atoms with Gasteiger partial charge in [0, 0.05) is 18.4 Å². The SMILES string of the molecule is O=C([O-])CC(=O)[O-].[Co+3].[H+].[NH2-].[NH2-].[NH2-].[NH2-].[NH2-].[O-][Cl+3]([O-])([O-])[O-].[O-][Cl+3]([O-])([O-])[O-]. The largest absolute Gasteiger partial charge is 3.00 e. The van der Waals surface area contributed by atoms with Crippen LogP contribution in [0, 0.1) is 20.5 Å².